The van der Waals surface area contributed by atoms with E-state index in [1.54, 1.807) is 10.8 Å². The zero-order valence-corrected chi connectivity index (χ0v) is 14.6. The van der Waals surface area contributed by atoms with Gasteiger partial charge in [0.2, 0.25) is 0 Å². The molecule has 1 aliphatic heterocycles. The lowest BCUT2D eigenvalue weighted by molar-refractivity contribution is 0.285. The fourth-order valence-electron chi connectivity index (χ4n) is 3.34. The summed E-state index contributed by atoms with van der Waals surface area (Å²) in [5, 5.41) is 17.0. The molecule has 1 aliphatic rings. The van der Waals surface area contributed by atoms with Gasteiger partial charge in [0.05, 0.1) is 6.20 Å². The van der Waals surface area contributed by atoms with Crippen LogP contribution in [0.3, 0.4) is 0 Å². The Bertz CT molecular complexity index is 823. The molecule has 3 aromatic rings. The second-order valence-electron chi connectivity index (χ2n) is 6.55. The van der Waals surface area contributed by atoms with Crippen LogP contribution in [0.1, 0.15) is 25.3 Å². The summed E-state index contributed by atoms with van der Waals surface area (Å²) in [7, 11) is 0. The van der Waals surface area contributed by atoms with Crippen LogP contribution >= 0.6 is 0 Å². The van der Waals surface area contributed by atoms with Crippen LogP contribution in [0.25, 0.3) is 5.65 Å². The van der Waals surface area contributed by atoms with Crippen LogP contribution in [0, 0.1) is 0 Å². The maximum absolute atomic E-state index is 4.62. The summed E-state index contributed by atoms with van der Waals surface area (Å²) in [5.74, 6) is 0.991. The molecule has 0 aliphatic carbocycles. The minimum atomic E-state index is 0.782. The van der Waals surface area contributed by atoms with Gasteiger partial charge in [-0.3, -0.25) is 9.58 Å². The fourth-order valence-corrected chi connectivity index (χ4v) is 3.34. The molecule has 0 atom stereocenters. The maximum atomic E-state index is 4.62. The van der Waals surface area contributed by atoms with Gasteiger partial charge in [-0.2, -0.15) is 9.61 Å². The van der Waals surface area contributed by atoms with Gasteiger partial charge in [0.15, 0.2) is 5.65 Å². The number of anilines is 1. The van der Waals surface area contributed by atoms with Crippen molar-refractivity contribution in [1.29, 1.82) is 0 Å². The fraction of sp³-hybridized carbons (Fsp3) is 0.529. The van der Waals surface area contributed by atoms with Gasteiger partial charge < -0.3 is 4.90 Å². The van der Waals surface area contributed by atoms with Gasteiger partial charge in [-0.15, -0.1) is 15.3 Å². The lowest BCUT2D eigenvalue weighted by Crippen LogP contribution is -2.31. The molecule has 0 bridgehead atoms. The van der Waals surface area contributed by atoms with E-state index in [0.717, 1.165) is 63.6 Å². The van der Waals surface area contributed by atoms with Crippen molar-refractivity contribution in [2.75, 3.05) is 31.1 Å². The molecule has 4 rings (SSSR count). The predicted molar refractivity (Wildman–Crippen MR) is 95.4 cm³/mol. The van der Waals surface area contributed by atoms with E-state index in [-0.39, 0.29) is 0 Å². The van der Waals surface area contributed by atoms with E-state index in [1.165, 1.54) is 5.56 Å². The summed E-state index contributed by atoms with van der Waals surface area (Å²) in [6.07, 6.45) is 8.07. The Morgan fingerprint density at radius 1 is 1.12 bits per heavy atom. The zero-order chi connectivity index (χ0) is 17.1. The van der Waals surface area contributed by atoms with E-state index in [1.807, 2.05) is 23.0 Å². The minimum absolute atomic E-state index is 0.782. The van der Waals surface area contributed by atoms with Crippen LogP contribution in [-0.4, -0.2) is 60.7 Å². The van der Waals surface area contributed by atoms with Crippen molar-refractivity contribution >= 4 is 11.5 Å². The second-order valence-corrected chi connectivity index (χ2v) is 6.55. The minimum Gasteiger partial charge on any atom is -0.354 e. The van der Waals surface area contributed by atoms with Crippen molar-refractivity contribution in [2.45, 2.75) is 32.9 Å². The third-order valence-electron chi connectivity index (χ3n) is 4.61. The van der Waals surface area contributed by atoms with Gasteiger partial charge in [-0.25, -0.2) is 0 Å². The van der Waals surface area contributed by atoms with Gasteiger partial charge in [-0.1, -0.05) is 6.92 Å². The molecule has 0 aromatic carbocycles. The molecule has 0 radical (unpaired) electrons. The number of aromatic nitrogens is 6. The summed E-state index contributed by atoms with van der Waals surface area (Å²) in [4.78, 5) is 4.85. The first-order chi connectivity index (χ1) is 12.3. The standard InChI is InChI=1S/C17H24N8/c1-2-6-24-13-15(11-19-24)12-22-7-3-8-23(10-9-22)17-5-4-16-20-18-14-25(16)21-17/h4-5,11,13-14H,2-3,6-10,12H2,1H3. The molecule has 0 unspecified atom stereocenters. The Balaban J connectivity index is 1.39. The van der Waals surface area contributed by atoms with Crippen LogP contribution < -0.4 is 4.90 Å². The van der Waals surface area contributed by atoms with Crippen molar-refractivity contribution < 1.29 is 0 Å². The van der Waals surface area contributed by atoms with E-state index < -0.39 is 0 Å². The van der Waals surface area contributed by atoms with Crippen LogP contribution in [0.4, 0.5) is 5.82 Å². The molecule has 0 spiro atoms. The van der Waals surface area contributed by atoms with Crippen molar-refractivity contribution in [1.82, 2.24) is 34.5 Å². The first kappa shape index (κ1) is 16.0. The SMILES string of the molecule is CCCn1cc(CN2CCCN(c3ccc4nncn4n3)CC2)cn1. The number of nitrogens with zero attached hydrogens (tertiary/aromatic N) is 8. The van der Waals surface area contributed by atoms with Crippen molar-refractivity contribution in [3.63, 3.8) is 0 Å². The summed E-state index contributed by atoms with van der Waals surface area (Å²) >= 11 is 0. The van der Waals surface area contributed by atoms with Gasteiger partial charge in [0, 0.05) is 51.0 Å². The van der Waals surface area contributed by atoms with Crippen LogP contribution in [0.15, 0.2) is 30.9 Å². The lowest BCUT2D eigenvalue weighted by Gasteiger charge is -2.22. The monoisotopic (exact) mass is 340 g/mol. The van der Waals surface area contributed by atoms with E-state index >= 15 is 0 Å². The lowest BCUT2D eigenvalue weighted by atomic mass is 10.3. The van der Waals surface area contributed by atoms with Crippen molar-refractivity contribution in [2.24, 2.45) is 0 Å². The average Bonchev–Trinajstić information content (AvgIpc) is 3.20. The Kier molecular flexibility index (Phi) is 4.60. The Morgan fingerprint density at radius 3 is 3.00 bits per heavy atom. The molecular formula is C17H24N8. The molecule has 4 heterocycles. The molecule has 0 saturated carbocycles. The highest BCUT2D eigenvalue weighted by molar-refractivity contribution is 5.45. The summed E-state index contributed by atoms with van der Waals surface area (Å²) in [5.41, 5.74) is 2.08. The molecule has 8 heteroatoms. The first-order valence-corrected chi connectivity index (χ1v) is 8.97. The van der Waals surface area contributed by atoms with Gasteiger partial charge in [-0.05, 0) is 25.0 Å². The highest BCUT2D eigenvalue weighted by Gasteiger charge is 2.17. The van der Waals surface area contributed by atoms with E-state index in [4.69, 9.17) is 0 Å². The molecule has 25 heavy (non-hydrogen) atoms. The molecule has 0 amide bonds. The van der Waals surface area contributed by atoms with E-state index in [0.29, 0.717) is 0 Å². The normalized spacial score (nSPS) is 16.4. The number of hydrogen-bond acceptors (Lipinski definition) is 6. The first-order valence-electron chi connectivity index (χ1n) is 8.97. The summed E-state index contributed by atoms with van der Waals surface area (Å²) in [6.45, 7) is 8.26. The number of aryl methyl sites for hydroxylation is 1. The third kappa shape index (κ3) is 3.63. The van der Waals surface area contributed by atoms with Gasteiger partial charge in [0.25, 0.3) is 0 Å². The molecule has 8 nitrogen and oxygen atoms in total. The number of rotatable bonds is 5. The number of fused-ring (bicyclic) bond motifs is 1. The van der Waals surface area contributed by atoms with Crippen LogP contribution in [0.2, 0.25) is 0 Å². The van der Waals surface area contributed by atoms with Crippen molar-refractivity contribution in [3.05, 3.63) is 36.4 Å². The highest BCUT2D eigenvalue weighted by atomic mass is 15.4. The molecule has 132 valence electrons. The summed E-state index contributed by atoms with van der Waals surface area (Å²) in [6, 6.07) is 4.01. The molecule has 1 fully saturated rings. The van der Waals surface area contributed by atoms with E-state index in [9.17, 15) is 0 Å². The van der Waals surface area contributed by atoms with Gasteiger partial charge in [0.1, 0.15) is 12.1 Å². The van der Waals surface area contributed by atoms with Crippen LogP contribution in [0.5, 0.6) is 0 Å². The molecule has 1 saturated heterocycles. The topological polar surface area (TPSA) is 67.4 Å². The van der Waals surface area contributed by atoms with Gasteiger partial charge >= 0.3 is 0 Å². The maximum Gasteiger partial charge on any atom is 0.177 e. The quantitative estimate of drug-likeness (QED) is 0.700. The zero-order valence-electron chi connectivity index (χ0n) is 14.6. The Morgan fingerprint density at radius 2 is 2.08 bits per heavy atom. The summed E-state index contributed by atoms with van der Waals surface area (Å²) < 4.78 is 3.78. The smallest absolute Gasteiger partial charge is 0.177 e. The average molecular weight is 340 g/mol. The largest absolute Gasteiger partial charge is 0.354 e. The molecule has 3 aromatic heterocycles. The predicted octanol–water partition coefficient (Wildman–Crippen LogP) is 1.44. The van der Waals surface area contributed by atoms with Crippen LogP contribution in [-0.2, 0) is 13.1 Å². The third-order valence-corrected chi connectivity index (χ3v) is 4.61. The molecule has 0 N–H and O–H groups in total. The van der Waals surface area contributed by atoms with Crippen molar-refractivity contribution in [3.8, 4) is 0 Å². The van der Waals surface area contributed by atoms with E-state index in [2.05, 4.69) is 43.3 Å². The second kappa shape index (κ2) is 7.18. The Labute approximate surface area is 147 Å². The highest BCUT2D eigenvalue weighted by Crippen LogP contribution is 2.15. The number of hydrogen-bond donors (Lipinski definition) is 0. The Hall–Kier alpha value is -2.48. The molecular weight excluding hydrogens is 316 g/mol.